The van der Waals surface area contributed by atoms with Gasteiger partial charge in [-0.25, -0.2) is 0 Å². The molecule has 10 heteroatoms. The molecule has 0 aromatic carbocycles. The van der Waals surface area contributed by atoms with Crippen LogP contribution in [0.25, 0.3) is 0 Å². The molecule has 0 unspecified atom stereocenters. The Bertz CT molecular complexity index is 806. The Labute approximate surface area is 176 Å². The zero-order chi connectivity index (χ0) is 23.1. The highest BCUT2D eigenvalue weighted by atomic mass is 28.4. The van der Waals surface area contributed by atoms with E-state index >= 15 is 0 Å². The number of esters is 1. The molecule has 0 atom stereocenters. The van der Waals surface area contributed by atoms with Crippen molar-refractivity contribution in [1.82, 2.24) is 9.78 Å². The van der Waals surface area contributed by atoms with Gasteiger partial charge in [0.15, 0.2) is 19.8 Å². The van der Waals surface area contributed by atoms with Crippen LogP contribution in [0.15, 0.2) is 6.20 Å². The lowest BCUT2D eigenvalue weighted by Crippen LogP contribution is -2.54. The minimum Gasteiger partial charge on any atom is -0.466 e. The third-order valence-electron chi connectivity index (χ3n) is 5.96. The maximum absolute atomic E-state index is 13.8. The zero-order valence-corrected chi connectivity index (χ0v) is 19.6. The Kier molecular flexibility index (Phi) is 6.64. The second kappa shape index (κ2) is 8.10. The fourth-order valence-electron chi connectivity index (χ4n) is 3.53. The van der Waals surface area contributed by atoms with Gasteiger partial charge in [-0.15, -0.1) is 0 Å². The summed E-state index contributed by atoms with van der Waals surface area (Å²) in [6.07, 6.45) is -3.89. The van der Waals surface area contributed by atoms with Crippen molar-refractivity contribution < 1.29 is 31.9 Å². The summed E-state index contributed by atoms with van der Waals surface area (Å²) in [4.78, 5) is 23.8. The number of ketones is 1. The van der Waals surface area contributed by atoms with Crippen LogP contribution in [0.2, 0.25) is 18.1 Å². The molecule has 6 nitrogen and oxygen atoms in total. The molecule has 1 aliphatic carbocycles. The number of Topliss-reactive ketones (excluding diaryl/α,β-unsaturated/α-hetero) is 1. The summed E-state index contributed by atoms with van der Waals surface area (Å²) in [6.45, 7) is 14.0. The van der Waals surface area contributed by atoms with Gasteiger partial charge in [-0.05, 0) is 44.8 Å². The van der Waals surface area contributed by atoms with Crippen LogP contribution in [0.1, 0.15) is 76.0 Å². The van der Waals surface area contributed by atoms with Crippen molar-refractivity contribution in [3.8, 4) is 0 Å². The molecule has 1 aromatic rings. The maximum Gasteiger partial charge on any atom is 0.433 e. The molecule has 1 heterocycles. The van der Waals surface area contributed by atoms with Crippen LogP contribution in [0, 0.1) is 0 Å². The van der Waals surface area contributed by atoms with E-state index in [1.54, 1.807) is 6.92 Å². The maximum atomic E-state index is 13.8. The average Bonchev–Trinajstić information content (AvgIpc) is 2.95. The molecular formula is C20H31F3N2O4Si. The topological polar surface area (TPSA) is 70.4 Å². The second-order valence-corrected chi connectivity index (χ2v) is 14.4. The standard InChI is InChI=1S/C20H31F3N2O4Si/c1-8-28-16(27)9-15(26)14-12-24-25(17(14)20(21,22)23)13-10-19(5,11-13)29-30(6,7)18(2,3)4/h12-13H,8-11H2,1-7H3/t13-,19-. The lowest BCUT2D eigenvalue weighted by atomic mass is 9.77. The van der Waals surface area contributed by atoms with Gasteiger partial charge in [-0.2, -0.15) is 18.3 Å². The summed E-state index contributed by atoms with van der Waals surface area (Å²) < 4.78 is 53.3. The van der Waals surface area contributed by atoms with Crippen LogP contribution >= 0.6 is 0 Å². The number of hydrogen-bond acceptors (Lipinski definition) is 5. The van der Waals surface area contributed by atoms with E-state index in [2.05, 4.69) is 43.7 Å². The SMILES string of the molecule is CCOC(=O)CC(=O)c1cnn([C@H]2C[C@](C)(O[Si](C)(C)C(C)(C)C)C2)c1C(F)(F)F. The van der Waals surface area contributed by atoms with Gasteiger partial charge < -0.3 is 9.16 Å². The highest BCUT2D eigenvalue weighted by Gasteiger charge is 2.52. The number of alkyl halides is 3. The first-order valence-electron chi connectivity index (χ1n) is 10.0. The summed E-state index contributed by atoms with van der Waals surface area (Å²) in [5.41, 5.74) is -2.25. The van der Waals surface area contributed by atoms with Crippen LogP contribution in [0.5, 0.6) is 0 Å². The van der Waals surface area contributed by atoms with E-state index in [0.717, 1.165) is 10.9 Å². The molecule has 1 aromatic heterocycles. The highest BCUT2D eigenvalue weighted by Crippen LogP contribution is 2.50. The third kappa shape index (κ3) is 5.13. The quantitative estimate of drug-likeness (QED) is 0.250. The molecule has 0 saturated heterocycles. The zero-order valence-electron chi connectivity index (χ0n) is 18.6. The molecule has 1 fully saturated rings. The molecule has 0 bridgehead atoms. The van der Waals surface area contributed by atoms with E-state index in [-0.39, 0.29) is 11.6 Å². The summed E-state index contributed by atoms with van der Waals surface area (Å²) >= 11 is 0. The third-order valence-corrected chi connectivity index (χ3v) is 10.6. The number of rotatable bonds is 7. The normalized spacial score (nSPS) is 22.5. The van der Waals surface area contributed by atoms with Crippen molar-refractivity contribution in [3.05, 3.63) is 17.5 Å². The fourth-order valence-corrected chi connectivity index (χ4v) is 5.23. The summed E-state index contributed by atoms with van der Waals surface area (Å²) in [6, 6.07) is -0.527. The van der Waals surface area contributed by atoms with Gasteiger partial charge in [-0.3, -0.25) is 14.3 Å². The second-order valence-electron chi connectivity index (χ2n) is 9.63. The minimum absolute atomic E-state index is 0.0172. The monoisotopic (exact) mass is 448 g/mol. The molecule has 2 rings (SSSR count). The molecule has 1 aliphatic rings. The van der Waals surface area contributed by atoms with Crippen LogP contribution in [0.3, 0.4) is 0 Å². The van der Waals surface area contributed by atoms with Crippen molar-refractivity contribution in [1.29, 1.82) is 0 Å². The Morgan fingerprint density at radius 2 is 1.83 bits per heavy atom. The van der Waals surface area contributed by atoms with E-state index in [1.807, 2.05) is 6.92 Å². The van der Waals surface area contributed by atoms with Gasteiger partial charge in [0, 0.05) is 0 Å². The van der Waals surface area contributed by atoms with Crippen LogP contribution in [-0.2, 0) is 20.1 Å². The van der Waals surface area contributed by atoms with E-state index < -0.39 is 55.6 Å². The lowest BCUT2D eigenvalue weighted by molar-refractivity contribution is -0.149. The summed E-state index contributed by atoms with van der Waals surface area (Å²) in [5.74, 6) is -1.81. The first-order chi connectivity index (χ1) is 13.5. The Morgan fingerprint density at radius 3 is 2.30 bits per heavy atom. The molecule has 0 N–H and O–H groups in total. The summed E-state index contributed by atoms with van der Waals surface area (Å²) in [5, 5.41) is 3.85. The van der Waals surface area contributed by atoms with Gasteiger partial charge in [0.05, 0.1) is 30.0 Å². The smallest absolute Gasteiger partial charge is 0.433 e. The van der Waals surface area contributed by atoms with Gasteiger partial charge in [0.2, 0.25) is 0 Å². The minimum atomic E-state index is -4.78. The number of carbonyl (C=O) groups is 2. The number of halogens is 3. The molecule has 0 aliphatic heterocycles. The molecule has 0 spiro atoms. The molecule has 0 radical (unpaired) electrons. The predicted molar refractivity (Wildman–Crippen MR) is 108 cm³/mol. The van der Waals surface area contributed by atoms with Crippen LogP contribution in [-0.4, -0.2) is 42.1 Å². The first kappa shape index (κ1) is 24.6. The van der Waals surface area contributed by atoms with Crippen molar-refractivity contribution in [2.24, 2.45) is 0 Å². The summed E-state index contributed by atoms with van der Waals surface area (Å²) in [7, 11) is -2.09. The number of carbonyl (C=O) groups excluding carboxylic acids is 2. The molecular weight excluding hydrogens is 417 g/mol. The van der Waals surface area contributed by atoms with E-state index in [0.29, 0.717) is 12.8 Å². The Morgan fingerprint density at radius 1 is 1.27 bits per heavy atom. The molecule has 30 heavy (non-hydrogen) atoms. The Hall–Kier alpha value is -1.68. The predicted octanol–water partition coefficient (Wildman–Crippen LogP) is 5.15. The first-order valence-corrected chi connectivity index (χ1v) is 13.0. The number of ether oxygens (including phenoxy) is 1. The van der Waals surface area contributed by atoms with Gasteiger partial charge in [0.1, 0.15) is 6.42 Å². The lowest BCUT2D eigenvalue weighted by Gasteiger charge is -2.52. The number of aromatic nitrogens is 2. The van der Waals surface area contributed by atoms with E-state index in [9.17, 15) is 22.8 Å². The van der Waals surface area contributed by atoms with E-state index in [1.165, 1.54) is 0 Å². The van der Waals surface area contributed by atoms with Crippen molar-refractivity contribution in [2.75, 3.05) is 6.61 Å². The van der Waals surface area contributed by atoms with Gasteiger partial charge in [-0.1, -0.05) is 20.8 Å². The molecule has 0 amide bonds. The fraction of sp³-hybridized carbons (Fsp3) is 0.750. The molecule has 1 saturated carbocycles. The van der Waals surface area contributed by atoms with Crippen molar-refractivity contribution in [2.45, 2.75) is 89.8 Å². The van der Waals surface area contributed by atoms with Crippen LogP contribution in [0.4, 0.5) is 13.2 Å². The number of hydrogen-bond donors (Lipinski definition) is 0. The van der Waals surface area contributed by atoms with Crippen molar-refractivity contribution >= 4 is 20.1 Å². The van der Waals surface area contributed by atoms with Crippen molar-refractivity contribution in [3.63, 3.8) is 0 Å². The molecule has 170 valence electrons. The Balaban J connectivity index is 2.23. The highest BCUT2D eigenvalue weighted by molar-refractivity contribution is 6.74. The van der Waals surface area contributed by atoms with Gasteiger partial charge in [0.25, 0.3) is 0 Å². The largest absolute Gasteiger partial charge is 0.466 e. The number of nitrogens with zero attached hydrogens (tertiary/aromatic N) is 2. The van der Waals surface area contributed by atoms with Gasteiger partial charge >= 0.3 is 12.1 Å². The van der Waals surface area contributed by atoms with E-state index in [4.69, 9.17) is 4.43 Å². The van der Waals surface area contributed by atoms with Crippen LogP contribution < -0.4 is 0 Å². The average molecular weight is 449 g/mol.